The first kappa shape index (κ1) is 30.4. The van der Waals surface area contributed by atoms with Gasteiger partial charge in [0.05, 0.1) is 18.9 Å². The zero-order valence-corrected chi connectivity index (χ0v) is 24.1. The summed E-state index contributed by atoms with van der Waals surface area (Å²) in [5.74, 6) is -0.418. The van der Waals surface area contributed by atoms with E-state index in [9.17, 15) is 18.0 Å². The summed E-state index contributed by atoms with van der Waals surface area (Å²) < 4.78 is 32.1. The summed E-state index contributed by atoms with van der Waals surface area (Å²) in [6.45, 7) is 3.09. The van der Waals surface area contributed by atoms with E-state index in [1.54, 1.807) is 53.1 Å². The molecule has 208 valence electrons. The first-order valence-electron chi connectivity index (χ1n) is 12.7. The molecule has 1 heterocycles. The molecule has 0 aromatic heterocycles. The van der Waals surface area contributed by atoms with Gasteiger partial charge in [0.1, 0.15) is 0 Å². The molecule has 0 atom stereocenters. The van der Waals surface area contributed by atoms with Crippen molar-refractivity contribution >= 4 is 45.0 Å². The lowest BCUT2D eigenvalue weighted by Crippen LogP contribution is -2.51. The minimum absolute atomic E-state index is 0.0365. The number of hydrogen-bond acceptors (Lipinski definition) is 5. The van der Waals surface area contributed by atoms with Crippen molar-refractivity contribution in [3.8, 4) is 0 Å². The second-order valence-corrected chi connectivity index (χ2v) is 12.3. The van der Waals surface area contributed by atoms with E-state index in [0.717, 1.165) is 5.56 Å². The van der Waals surface area contributed by atoms with Gasteiger partial charge in [-0.15, -0.1) is 0 Å². The van der Waals surface area contributed by atoms with Crippen LogP contribution in [0.3, 0.4) is 0 Å². The second kappa shape index (κ2) is 14.3. The van der Waals surface area contributed by atoms with Crippen molar-refractivity contribution < 1.29 is 22.7 Å². The molecule has 1 fully saturated rings. The largest absolute Gasteiger partial charge is 0.383 e. The van der Waals surface area contributed by atoms with E-state index in [-0.39, 0.29) is 43.3 Å². The van der Waals surface area contributed by atoms with Crippen molar-refractivity contribution in [2.75, 3.05) is 45.6 Å². The highest BCUT2D eigenvalue weighted by atomic mass is 35.5. The van der Waals surface area contributed by atoms with Gasteiger partial charge in [0.25, 0.3) is 5.91 Å². The number of rotatable bonds is 12. The highest BCUT2D eigenvalue weighted by Crippen LogP contribution is 2.23. The molecular formula is C27H35Cl2N3O5S. The van der Waals surface area contributed by atoms with Crippen LogP contribution in [0.5, 0.6) is 0 Å². The SMILES string of the molecule is CCCS(=O)(=O)N(CCOC)CC(=O)N(Cc1ccc(Cl)cc1)C1CCN(C(=O)c2cccc(Cl)c2)CC1. The summed E-state index contributed by atoms with van der Waals surface area (Å²) in [4.78, 5) is 30.2. The number of ether oxygens (including phenoxy) is 1. The topological polar surface area (TPSA) is 87.2 Å². The summed E-state index contributed by atoms with van der Waals surface area (Å²) in [5.41, 5.74) is 1.42. The molecule has 1 aliphatic rings. The van der Waals surface area contributed by atoms with Gasteiger partial charge >= 0.3 is 0 Å². The lowest BCUT2D eigenvalue weighted by Gasteiger charge is -2.39. The molecule has 0 N–H and O–H groups in total. The van der Waals surface area contributed by atoms with Crippen LogP contribution in [0.25, 0.3) is 0 Å². The van der Waals surface area contributed by atoms with E-state index in [2.05, 4.69) is 0 Å². The van der Waals surface area contributed by atoms with Crippen LogP contribution in [-0.2, 0) is 26.1 Å². The van der Waals surface area contributed by atoms with Crippen LogP contribution in [0, 0.1) is 0 Å². The number of hydrogen-bond donors (Lipinski definition) is 0. The van der Waals surface area contributed by atoms with Gasteiger partial charge in [-0.3, -0.25) is 9.59 Å². The highest BCUT2D eigenvalue weighted by Gasteiger charge is 2.33. The van der Waals surface area contributed by atoms with Crippen LogP contribution in [0.4, 0.5) is 0 Å². The third kappa shape index (κ3) is 8.41. The molecule has 0 bridgehead atoms. The van der Waals surface area contributed by atoms with E-state index >= 15 is 0 Å². The first-order chi connectivity index (χ1) is 18.1. The molecule has 38 heavy (non-hydrogen) atoms. The Labute approximate surface area is 235 Å². The fraction of sp³-hybridized carbons (Fsp3) is 0.481. The fourth-order valence-corrected chi connectivity index (χ4v) is 6.28. The zero-order chi connectivity index (χ0) is 27.7. The average molecular weight is 585 g/mol. The van der Waals surface area contributed by atoms with E-state index in [0.29, 0.717) is 54.5 Å². The zero-order valence-electron chi connectivity index (χ0n) is 21.8. The Morgan fingerprint density at radius 2 is 1.74 bits per heavy atom. The van der Waals surface area contributed by atoms with E-state index in [1.165, 1.54) is 11.4 Å². The van der Waals surface area contributed by atoms with Crippen molar-refractivity contribution in [1.29, 1.82) is 0 Å². The molecule has 0 unspecified atom stereocenters. The van der Waals surface area contributed by atoms with Crippen LogP contribution < -0.4 is 0 Å². The Balaban J connectivity index is 1.77. The van der Waals surface area contributed by atoms with Crippen molar-refractivity contribution in [3.63, 3.8) is 0 Å². The molecule has 1 aliphatic heterocycles. The summed E-state index contributed by atoms with van der Waals surface area (Å²) in [5, 5.41) is 1.09. The Morgan fingerprint density at radius 3 is 2.34 bits per heavy atom. The Bertz CT molecular complexity index is 1190. The lowest BCUT2D eigenvalue weighted by atomic mass is 10.0. The highest BCUT2D eigenvalue weighted by molar-refractivity contribution is 7.89. The van der Waals surface area contributed by atoms with E-state index < -0.39 is 10.0 Å². The number of carbonyl (C=O) groups excluding carboxylic acids is 2. The van der Waals surface area contributed by atoms with Crippen LogP contribution in [0.15, 0.2) is 48.5 Å². The minimum atomic E-state index is -3.61. The van der Waals surface area contributed by atoms with Gasteiger partial charge < -0.3 is 14.5 Å². The maximum absolute atomic E-state index is 13.7. The number of nitrogens with zero attached hydrogens (tertiary/aromatic N) is 3. The molecule has 2 amide bonds. The number of amides is 2. The van der Waals surface area contributed by atoms with Crippen LogP contribution in [-0.4, -0.2) is 86.0 Å². The predicted molar refractivity (Wildman–Crippen MR) is 150 cm³/mol. The monoisotopic (exact) mass is 583 g/mol. The van der Waals surface area contributed by atoms with Gasteiger partial charge in [-0.05, 0) is 55.2 Å². The minimum Gasteiger partial charge on any atom is -0.383 e. The van der Waals surface area contributed by atoms with Crippen molar-refractivity contribution in [2.24, 2.45) is 0 Å². The molecule has 0 saturated carbocycles. The van der Waals surface area contributed by atoms with Crippen molar-refractivity contribution in [2.45, 2.75) is 38.8 Å². The first-order valence-corrected chi connectivity index (χ1v) is 15.1. The van der Waals surface area contributed by atoms with E-state index in [1.807, 2.05) is 12.1 Å². The summed E-state index contributed by atoms with van der Waals surface area (Å²) in [7, 11) is -2.11. The molecule has 0 spiro atoms. The maximum atomic E-state index is 13.7. The number of methoxy groups -OCH3 is 1. The summed E-state index contributed by atoms with van der Waals surface area (Å²) in [6.07, 6.45) is 1.60. The van der Waals surface area contributed by atoms with Crippen molar-refractivity contribution in [3.05, 3.63) is 69.7 Å². The number of benzene rings is 2. The van der Waals surface area contributed by atoms with E-state index in [4.69, 9.17) is 27.9 Å². The summed E-state index contributed by atoms with van der Waals surface area (Å²) >= 11 is 12.1. The van der Waals surface area contributed by atoms with Crippen LogP contribution in [0.1, 0.15) is 42.1 Å². The van der Waals surface area contributed by atoms with Gasteiger partial charge in [0.15, 0.2) is 0 Å². The molecular weight excluding hydrogens is 549 g/mol. The number of sulfonamides is 1. The molecule has 1 saturated heterocycles. The Hall–Kier alpha value is -2.17. The van der Waals surface area contributed by atoms with Gasteiger partial charge in [-0.25, -0.2) is 8.42 Å². The summed E-state index contributed by atoms with van der Waals surface area (Å²) in [6, 6.07) is 14.0. The Morgan fingerprint density at radius 1 is 1.05 bits per heavy atom. The maximum Gasteiger partial charge on any atom is 0.253 e. The normalized spacial score (nSPS) is 14.6. The number of halogens is 2. The van der Waals surface area contributed by atoms with Gasteiger partial charge in [-0.1, -0.05) is 48.3 Å². The lowest BCUT2D eigenvalue weighted by molar-refractivity contribution is -0.135. The predicted octanol–water partition coefficient (Wildman–Crippen LogP) is 4.32. The van der Waals surface area contributed by atoms with Gasteiger partial charge in [0.2, 0.25) is 15.9 Å². The number of likely N-dealkylation sites (tertiary alicyclic amines) is 1. The fourth-order valence-electron chi connectivity index (χ4n) is 4.53. The average Bonchev–Trinajstić information content (AvgIpc) is 2.90. The quantitative estimate of drug-likeness (QED) is 0.371. The number of carbonyl (C=O) groups is 2. The molecule has 3 rings (SSSR count). The standard InChI is InChI=1S/C27H35Cl2N3O5S/c1-3-17-38(35,36)31(15-16-37-2)20-26(33)32(19-21-7-9-23(28)10-8-21)25-11-13-30(14-12-25)27(34)22-5-4-6-24(29)18-22/h4-10,18,25H,3,11-17,19-20H2,1-2H3. The second-order valence-electron chi connectivity index (χ2n) is 9.32. The smallest absolute Gasteiger partial charge is 0.253 e. The molecule has 2 aromatic rings. The third-order valence-electron chi connectivity index (χ3n) is 6.56. The third-order valence-corrected chi connectivity index (χ3v) is 9.07. The van der Waals surface area contributed by atoms with Gasteiger partial charge in [-0.2, -0.15) is 4.31 Å². The number of piperidine rings is 1. The molecule has 11 heteroatoms. The van der Waals surface area contributed by atoms with Crippen LogP contribution in [0.2, 0.25) is 10.0 Å². The molecule has 0 radical (unpaired) electrons. The molecule has 2 aromatic carbocycles. The van der Waals surface area contributed by atoms with Crippen LogP contribution >= 0.6 is 23.2 Å². The van der Waals surface area contributed by atoms with Gasteiger partial charge in [0, 0.05) is 54.9 Å². The molecule has 0 aliphatic carbocycles. The molecule has 8 nitrogen and oxygen atoms in total. The van der Waals surface area contributed by atoms with Crippen molar-refractivity contribution in [1.82, 2.24) is 14.1 Å². The Kier molecular flexibility index (Phi) is 11.4.